The number of fused-ring (bicyclic) bond motifs is 5. The summed E-state index contributed by atoms with van der Waals surface area (Å²) in [6.45, 7) is 4.06. The third kappa shape index (κ3) is 2.51. The molecule has 0 bridgehead atoms. The number of carbonyl (C=O) groups excluding carboxylic acids is 1. The number of rotatable bonds is 2. The summed E-state index contributed by atoms with van der Waals surface area (Å²) in [5.41, 5.74) is 1.29. The van der Waals surface area contributed by atoms with E-state index in [1.54, 1.807) is 0 Å². The molecule has 7 atom stereocenters. The number of hydrogen-bond donors (Lipinski definition) is 2. The summed E-state index contributed by atoms with van der Waals surface area (Å²) in [5.74, 6) is 1.50. The molecule has 3 saturated carbocycles. The predicted molar refractivity (Wildman–Crippen MR) is 94.7 cm³/mol. The zero-order valence-electron chi connectivity index (χ0n) is 15.5. The summed E-state index contributed by atoms with van der Waals surface area (Å²) in [6, 6.07) is 0. The maximum absolute atomic E-state index is 11.5. The first-order chi connectivity index (χ1) is 11.9. The minimum atomic E-state index is -0.240. The molecule has 0 radical (unpaired) electrons. The van der Waals surface area contributed by atoms with Crippen molar-refractivity contribution < 1.29 is 19.7 Å². The van der Waals surface area contributed by atoms with Gasteiger partial charge in [0.1, 0.15) is 6.10 Å². The lowest BCUT2D eigenvalue weighted by Crippen LogP contribution is -2.53. The molecule has 0 unspecified atom stereocenters. The largest absolute Gasteiger partial charge is 0.462 e. The van der Waals surface area contributed by atoms with Crippen LogP contribution in [0.2, 0.25) is 0 Å². The molecule has 0 aromatic rings. The van der Waals surface area contributed by atoms with E-state index < -0.39 is 0 Å². The van der Waals surface area contributed by atoms with E-state index in [9.17, 15) is 15.0 Å². The highest BCUT2D eigenvalue weighted by molar-refractivity contribution is 5.66. The molecule has 0 aromatic heterocycles. The van der Waals surface area contributed by atoms with Gasteiger partial charge >= 0.3 is 5.97 Å². The summed E-state index contributed by atoms with van der Waals surface area (Å²) >= 11 is 0. The molecule has 4 heteroatoms. The topological polar surface area (TPSA) is 66.8 Å². The van der Waals surface area contributed by atoms with Crippen LogP contribution in [0.4, 0.5) is 0 Å². The lowest BCUT2D eigenvalue weighted by Gasteiger charge is -2.58. The Morgan fingerprint density at radius 3 is 2.76 bits per heavy atom. The fraction of sp³-hybridized carbons (Fsp3) is 0.857. The first kappa shape index (κ1) is 17.5. The number of hydrogen-bond acceptors (Lipinski definition) is 4. The lowest BCUT2D eigenvalue weighted by molar-refractivity contribution is -0.157. The number of ether oxygens (including phenoxy) is 1. The van der Waals surface area contributed by atoms with Gasteiger partial charge in [-0.2, -0.15) is 0 Å². The molecule has 0 heterocycles. The van der Waals surface area contributed by atoms with Gasteiger partial charge in [0.15, 0.2) is 0 Å². The van der Waals surface area contributed by atoms with E-state index in [0.29, 0.717) is 17.8 Å². The number of allylic oxidation sites excluding steroid dienone is 1. The summed E-state index contributed by atoms with van der Waals surface area (Å²) in [5, 5.41) is 20.5. The molecule has 4 aliphatic rings. The van der Waals surface area contributed by atoms with Crippen LogP contribution in [0.1, 0.15) is 65.2 Å². The molecule has 0 amide bonds. The minimum Gasteiger partial charge on any atom is -0.462 e. The van der Waals surface area contributed by atoms with Gasteiger partial charge in [0.2, 0.25) is 0 Å². The van der Waals surface area contributed by atoms with Crippen LogP contribution in [0.15, 0.2) is 11.6 Å². The second-order valence-electron chi connectivity index (χ2n) is 9.27. The van der Waals surface area contributed by atoms with Crippen LogP contribution in [-0.2, 0) is 9.53 Å². The highest BCUT2D eigenvalue weighted by Crippen LogP contribution is 2.65. The van der Waals surface area contributed by atoms with Crippen molar-refractivity contribution in [3.05, 3.63) is 11.6 Å². The standard InChI is InChI=1S/C21H32O4/c1-13(23)25-19-6-5-17-16-4-3-14-11-15(24)7-10-21(14,12-22)18(16)8-9-20(17,19)2/h3,15-19,22,24H,4-12H2,1-2H3/t15-,16-,17-,18-,19-,20-,21+/m0/s1. The Labute approximate surface area is 150 Å². The molecule has 0 aromatic carbocycles. The monoisotopic (exact) mass is 348 g/mol. The van der Waals surface area contributed by atoms with Crippen LogP contribution in [0.25, 0.3) is 0 Å². The second kappa shape index (κ2) is 6.09. The van der Waals surface area contributed by atoms with Crippen molar-refractivity contribution >= 4 is 5.97 Å². The van der Waals surface area contributed by atoms with Gasteiger partial charge in [-0.25, -0.2) is 0 Å². The zero-order valence-corrected chi connectivity index (χ0v) is 15.5. The number of carbonyl (C=O) groups is 1. The molecule has 3 fully saturated rings. The molecular weight excluding hydrogens is 316 g/mol. The molecule has 0 spiro atoms. The van der Waals surface area contributed by atoms with Crippen molar-refractivity contribution in [3.63, 3.8) is 0 Å². The lowest BCUT2D eigenvalue weighted by atomic mass is 9.47. The van der Waals surface area contributed by atoms with Crippen LogP contribution in [-0.4, -0.2) is 35.0 Å². The van der Waals surface area contributed by atoms with Gasteiger partial charge in [-0.15, -0.1) is 0 Å². The van der Waals surface area contributed by atoms with E-state index in [1.807, 2.05) is 0 Å². The van der Waals surface area contributed by atoms with Crippen LogP contribution >= 0.6 is 0 Å². The van der Waals surface area contributed by atoms with Gasteiger partial charge < -0.3 is 14.9 Å². The third-order valence-corrected chi connectivity index (χ3v) is 8.31. The molecule has 0 saturated heterocycles. The highest BCUT2D eigenvalue weighted by atomic mass is 16.5. The molecule has 140 valence electrons. The van der Waals surface area contributed by atoms with E-state index in [1.165, 1.54) is 12.5 Å². The molecule has 4 nitrogen and oxygen atoms in total. The average molecular weight is 348 g/mol. The predicted octanol–water partition coefficient (Wildman–Crippen LogP) is 3.21. The van der Waals surface area contributed by atoms with Crippen molar-refractivity contribution in [2.45, 2.75) is 77.4 Å². The molecule has 4 rings (SSSR count). The molecule has 0 aliphatic heterocycles. The Balaban J connectivity index is 1.64. The molecule has 25 heavy (non-hydrogen) atoms. The van der Waals surface area contributed by atoms with Crippen molar-refractivity contribution in [2.24, 2.45) is 28.6 Å². The number of aliphatic hydroxyl groups is 2. The van der Waals surface area contributed by atoms with Crippen LogP contribution in [0.3, 0.4) is 0 Å². The van der Waals surface area contributed by atoms with Crippen molar-refractivity contribution in [1.29, 1.82) is 0 Å². The Morgan fingerprint density at radius 2 is 2.04 bits per heavy atom. The summed E-state index contributed by atoms with van der Waals surface area (Å²) in [7, 11) is 0. The molecule has 2 N–H and O–H groups in total. The van der Waals surface area contributed by atoms with E-state index in [4.69, 9.17) is 4.74 Å². The van der Waals surface area contributed by atoms with Crippen LogP contribution in [0.5, 0.6) is 0 Å². The van der Waals surface area contributed by atoms with Crippen LogP contribution in [0, 0.1) is 28.6 Å². The van der Waals surface area contributed by atoms with E-state index in [0.717, 1.165) is 51.4 Å². The molecule has 4 aliphatic carbocycles. The first-order valence-corrected chi connectivity index (χ1v) is 10.1. The number of esters is 1. The van der Waals surface area contributed by atoms with E-state index >= 15 is 0 Å². The minimum absolute atomic E-state index is 0.0552. The van der Waals surface area contributed by atoms with Crippen molar-refractivity contribution in [3.8, 4) is 0 Å². The van der Waals surface area contributed by atoms with Gasteiger partial charge in [0.05, 0.1) is 12.7 Å². The van der Waals surface area contributed by atoms with Gasteiger partial charge in [0, 0.05) is 17.8 Å². The van der Waals surface area contributed by atoms with Gasteiger partial charge in [-0.05, 0) is 69.1 Å². The fourth-order valence-electron chi connectivity index (χ4n) is 7.08. The Bertz CT molecular complexity index is 584. The second-order valence-corrected chi connectivity index (χ2v) is 9.27. The summed E-state index contributed by atoms with van der Waals surface area (Å²) in [6.07, 6.45) is 9.95. The third-order valence-electron chi connectivity index (χ3n) is 8.31. The Hall–Kier alpha value is -0.870. The maximum Gasteiger partial charge on any atom is 0.302 e. The van der Waals surface area contributed by atoms with Crippen molar-refractivity contribution in [2.75, 3.05) is 6.61 Å². The smallest absolute Gasteiger partial charge is 0.302 e. The summed E-state index contributed by atoms with van der Waals surface area (Å²) < 4.78 is 5.70. The fourth-order valence-corrected chi connectivity index (χ4v) is 7.08. The van der Waals surface area contributed by atoms with E-state index in [-0.39, 0.29) is 35.6 Å². The Morgan fingerprint density at radius 1 is 1.24 bits per heavy atom. The van der Waals surface area contributed by atoms with Gasteiger partial charge in [0.25, 0.3) is 0 Å². The normalized spacial score (nSPS) is 48.8. The van der Waals surface area contributed by atoms with Gasteiger partial charge in [-0.1, -0.05) is 18.6 Å². The maximum atomic E-state index is 11.5. The van der Waals surface area contributed by atoms with Crippen LogP contribution < -0.4 is 0 Å². The van der Waals surface area contributed by atoms with Gasteiger partial charge in [-0.3, -0.25) is 4.79 Å². The zero-order chi connectivity index (χ0) is 17.8. The van der Waals surface area contributed by atoms with E-state index in [2.05, 4.69) is 13.0 Å². The highest BCUT2D eigenvalue weighted by Gasteiger charge is 2.60. The number of aliphatic hydroxyl groups excluding tert-OH is 2. The first-order valence-electron chi connectivity index (χ1n) is 10.1. The Kier molecular flexibility index (Phi) is 4.27. The summed E-state index contributed by atoms with van der Waals surface area (Å²) in [4.78, 5) is 11.5. The SMILES string of the molecule is CC(=O)O[C@H]1CC[C@H]2[C@@H]3CC=C4C[C@@H](O)CC[C@]4(CO)[C@H]3CC[C@]12C. The average Bonchev–Trinajstić information content (AvgIpc) is 2.90. The van der Waals surface area contributed by atoms with Crippen molar-refractivity contribution in [1.82, 2.24) is 0 Å². The quantitative estimate of drug-likeness (QED) is 0.594. The molecular formula is C21H32O4.